The largest absolute Gasteiger partial charge is 0.460 e. The summed E-state index contributed by atoms with van der Waals surface area (Å²) in [5.41, 5.74) is -1.35. The van der Waals surface area contributed by atoms with Crippen molar-refractivity contribution < 1.29 is 40.7 Å². The molecule has 2 aromatic carbocycles. The van der Waals surface area contributed by atoms with Crippen LogP contribution >= 0.6 is 0 Å². The maximum Gasteiger partial charge on any atom is 0.416 e. The van der Waals surface area contributed by atoms with Gasteiger partial charge in [0.1, 0.15) is 18.4 Å². The van der Waals surface area contributed by atoms with E-state index in [1.807, 2.05) is 0 Å². The number of ketones is 1. The highest BCUT2D eigenvalue weighted by atomic mass is 19.4. The third-order valence-corrected chi connectivity index (χ3v) is 4.79. The number of carbonyl (C=O) groups is 2. The van der Waals surface area contributed by atoms with Gasteiger partial charge in [-0.05, 0) is 29.3 Å². The van der Waals surface area contributed by atoms with E-state index in [0.29, 0.717) is 0 Å². The van der Waals surface area contributed by atoms with E-state index in [1.54, 1.807) is 0 Å². The molecule has 166 valence electrons. The minimum absolute atomic E-state index is 0.0843. The lowest BCUT2D eigenvalue weighted by molar-refractivity contribution is -0.150. The van der Waals surface area contributed by atoms with Gasteiger partial charge in [-0.3, -0.25) is 14.5 Å². The van der Waals surface area contributed by atoms with Gasteiger partial charge in [0.2, 0.25) is 0 Å². The molecule has 0 spiro atoms. The van der Waals surface area contributed by atoms with Gasteiger partial charge in [-0.15, -0.1) is 0 Å². The van der Waals surface area contributed by atoms with Crippen molar-refractivity contribution in [1.82, 2.24) is 4.90 Å². The Bertz CT molecular complexity index is 970. The zero-order chi connectivity index (χ0) is 22.8. The number of Topliss-reactive ketones (excluding diaryl/α,β-unsaturated/α-hetero) is 1. The van der Waals surface area contributed by atoms with Crippen LogP contribution < -0.4 is 0 Å². The highest BCUT2D eigenvalue weighted by Crippen LogP contribution is 2.31. The highest BCUT2D eigenvalue weighted by Gasteiger charge is 2.37. The topological polar surface area (TPSA) is 46.6 Å². The molecule has 2 aromatic rings. The van der Waals surface area contributed by atoms with Gasteiger partial charge in [-0.25, -0.2) is 0 Å². The highest BCUT2D eigenvalue weighted by molar-refractivity contribution is 5.91. The predicted octanol–water partition coefficient (Wildman–Crippen LogP) is 4.61. The number of benzene rings is 2. The van der Waals surface area contributed by atoms with E-state index < -0.39 is 42.1 Å². The van der Waals surface area contributed by atoms with E-state index in [0.717, 1.165) is 24.3 Å². The molecule has 0 aromatic heterocycles. The van der Waals surface area contributed by atoms with Crippen molar-refractivity contribution in [2.45, 2.75) is 38.0 Å². The fraction of sp³-hybridized carbons (Fsp3) is 0.333. The van der Waals surface area contributed by atoms with Crippen LogP contribution in [0.5, 0.6) is 0 Å². The second-order valence-corrected chi connectivity index (χ2v) is 7.17. The molecule has 0 saturated carbocycles. The number of nitrogens with zero attached hydrogens (tertiary/aromatic N) is 1. The van der Waals surface area contributed by atoms with Crippen LogP contribution in [0.1, 0.15) is 28.7 Å². The lowest BCUT2D eigenvalue weighted by Crippen LogP contribution is -2.36. The third kappa shape index (κ3) is 5.84. The van der Waals surface area contributed by atoms with Crippen LogP contribution in [-0.2, 0) is 39.8 Å². The molecule has 0 bridgehead atoms. The van der Waals surface area contributed by atoms with Crippen molar-refractivity contribution >= 4 is 11.8 Å². The zero-order valence-electron chi connectivity index (χ0n) is 16.0. The minimum atomic E-state index is -4.54. The molecule has 1 unspecified atom stereocenters. The molecule has 1 aliphatic rings. The van der Waals surface area contributed by atoms with E-state index in [1.165, 1.54) is 29.2 Å². The van der Waals surface area contributed by atoms with Gasteiger partial charge in [0.15, 0.2) is 0 Å². The van der Waals surface area contributed by atoms with Crippen LogP contribution in [0, 0.1) is 0 Å². The molecule has 31 heavy (non-hydrogen) atoms. The lowest BCUT2D eigenvalue weighted by Gasteiger charge is -2.22. The molecule has 0 amide bonds. The molecule has 0 radical (unpaired) electrons. The molecule has 1 aliphatic heterocycles. The molecule has 1 atom stereocenters. The fourth-order valence-electron chi connectivity index (χ4n) is 3.31. The number of carbonyl (C=O) groups excluding carboxylic acids is 2. The summed E-state index contributed by atoms with van der Waals surface area (Å²) in [6.07, 6.45) is -9.25. The van der Waals surface area contributed by atoms with E-state index in [9.17, 15) is 35.9 Å². The number of hydrogen-bond acceptors (Lipinski definition) is 4. The second-order valence-electron chi connectivity index (χ2n) is 7.17. The Kier molecular flexibility index (Phi) is 6.40. The third-order valence-electron chi connectivity index (χ3n) is 4.79. The maximum absolute atomic E-state index is 12.9. The molecule has 1 fully saturated rings. The average molecular weight is 445 g/mol. The Hall–Kier alpha value is -2.88. The Morgan fingerprint density at radius 2 is 1.48 bits per heavy atom. The molecule has 1 saturated heterocycles. The van der Waals surface area contributed by atoms with Crippen LogP contribution in [0.3, 0.4) is 0 Å². The summed E-state index contributed by atoms with van der Waals surface area (Å²) in [7, 11) is 0. The summed E-state index contributed by atoms with van der Waals surface area (Å²) in [6, 6.07) is 7.81. The zero-order valence-corrected chi connectivity index (χ0v) is 16.0. The number of rotatable bonds is 5. The van der Waals surface area contributed by atoms with Gasteiger partial charge < -0.3 is 4.74 Å². The standard InChI is InChI=1S/C21H17F6NO3/c22-20(23,24)15-5-1-3-13(7-15)10-28-11-17(29)9-18(28)19(30)31-12-14-4-2-6-16(8-14)21(25,26)27/h1-8,18H,9-12H2. The number of likely N-dealkylation sites (tertiary alicyclic amines) is 1. The first kappa shape index (κ1) is 22.8. The second kappa shape index (κ2) is 8.70. The first-order chi connectivity index (χ1) is 14.4. The monoisotopic (exact) mass is 445 g/mol. The number of esters is 1. The van der Waals surface area contributed by atoms with Gasteiger partial charge in [0.05, 0.1) is 17.7 Å². The van der Waals surface area contributed by atoms with Crippen molar-refractivity contribution in [3.8, 4) is 0 Å². The first-order valence-electron chi connectivity index (χ1n) is 9.18. The Balaban J connectivity index is 1.67. The molecule has 4 nitrogen and oxygen atoms in total. The van der Waals surface area contributed by atoms with Crippen LogP contribution in [0.4, 0.5) is 26.3 Å². The molecule has 10 heteroatoms. The van der Waals surface area contributed by atoms with Gasteiger partial charge in [0.25, 0.3) is 0 Å². The molecule has 0 N–H and O–H groups in total. The van der Waals surface area contributed by atoms with Gasteiger partial charge >= 0.3 is 18.3 Å². The number of halogens is 6. The Morgan fingerprint density at radius 3 is 2.06 bits per heavy atom. The summed E-state index contributed by atoms with van der Waals surface area (Å²) in [5.74, 6) is -1.11. The predicted molar refractivity (Wildman–Crippen MR) is 96.5 cm³/mol. The molecular weight excluding hydrogens is 428 g/mol. The Morgan fingerprint density at radius 1 is 0.935 bits per heavy atom. The summed E-state index contributed by atoms with van der Waals surface area (Å²) >= 11 is 0. The molecular formula is C21H17F6NO3. The quantitative estimate of drug-likeness (QED) is 0.498. The van der Waals surface area contributed by atoms with Crippen LogP contribution in [0.25, 0.3) is 0 Å². The minimum Gasteiger partial charge on any atom is -0.460 e. The number of hydrogen-bond donors (Lipinski definition) is 0. The van der Waals surface area contributed by atoms with E-state index in [4.69, 9.17) is 4.74 Å². The first-order valence-corrected chi connectivity index (χ1v) is 9.18. The fourth-order valence-corrected chi connectivity index (χ4v) is 3.31. The number of ether oxygens (including phenoxy) is 1. The van der Waals surface area contributed by atoms with Gasteiger partial charge in [-0.2, -0.15) is 26.3 Å². The van der Waals surface area contributed by atoms with Crippen molar-refractivity contribution in [2.24, 2.45) is 0 Å². The van der Waals surface area contributed by atoms with E-state index in [2.05, 4.69) is 0 Å². The van der Waals surface area contributed by atoms with Crippen LogP contribution in [0.15, 0.2) is 48.5 Å². The van der Waals surface area contributed by atoms with Crippen molar-refractivity contribution in [1.29, 1.82) is 0 Å². The van der Waals surface area contributed by atoms with Crippen molar-refractivity contribution in [2.75, 3.05) is 6.54 Å². The molecule has 3 rings (SSSR count). The summed E-state index contributed by atoms with van der Waals surface area (Å²) in [4.78, 5) is 25.7. The number of alkyl halides is 6. The van der Waals surface area contributed by atoms with E-state index in [-0.39, 0.29) is 36.4 Å². The maximum atomic E-state index is 12.9. The molecule has 0 aliphatic carbocycles. The summed E-state index contributed by atoms with van der Waals surface area (Å²) in [5, 5.41) is 0. The van der Waals surface area contributed by atoms with E-state index >= 15 is 0 Å². The van der Waals surface area contributed by atoms with Crippen LogP contribution in [0.2, 0.25) is 0 Å². The summed E-state index contributed by atoms with van der Waals surface area (Å²) < 4.78 is 82.2. The smallest absolute Gasteiger partial charge is 0.416 e. The normalized spacial score (nSPS) is 17.7. The summed E-state index contributed by atoms with van der Waals surface area (Å²) in [6.45, 7) is -0.649. The lowest BCUT2D eigenvalue weighted by atomic mass is 10.1. The Labute approximate surface area is 173 Å². The van der Waals surface area contributed by atoms with Gasteiger partial charge in [-0.1, -0.05) is 30.3 Å². The SMILES string of the molecule is O=C1CC(C(=O)OCc2cccc(C(F)(F)F)c2)N(Cc2cccc(C(F)(F)F)c2)C1. The van der Waals surface area contributed by atoms with Crippen LogP contribution in [-0.4, -0.2) is 29.2 Å². The molecule has 1 heterocycles. The van der Waals surface area contributed by atoms with Crippen molar-refractivity contribution in [3.05, 3.63) is 70.8 Å². The van der Waals surface area contributed by atoms with Crippen molar-refractivity contribution in [3.63, 3.8) is 0 Å². The van der Waals surface area contributed by atoms with Gasteiger partial charge in [0, 0.05) is 13.0 Å². The average Bonchev–Trinajstić information content (AvgIpc) is 3.05.